The van der Waals surface area contributed by atoms with Crippen molar-refractivity contribution in [1.82, 2.24) is 5.32 Å². The third-order valence-electron chi connectivity index (χ3n) is 6.33. The van der Waals surface area contributed by atoms with Gasteiger partial charge in [-0.3, -0.25) is 14.4 Å². The number of para-hydroxylation sites is 1. The summed E-state index contributed by atoms with van der Waals surface area (Å²) in [6.07, 6.45) is 0.807. The van der Waals surface area contributed by atoms with Gasteiger partial charge in [-0.15, -0.1) is 0 Å². The Morgan fingerprint density at radius 2 is 1.64 bits per heavy atom. The van der Waals surface area contributed by atoms with Crippen molar-refractivity contribution in [2.75, 3.05) is 18.1 Å². The van der Waals surface area contributed by atoms with Crippen molar-refractivity contribution in [3.63, 3.8) is 0 Å². The molecule has 3 aromatic carbocycles. The number of anilines is 1. The number of carbonyl (C=O) groups excluding carboxylic acids is 3. The lowest BCUT2D eigenvalue weighted by molar-refractivity contribution is 0.0917. The first-order chi connectivity index (χ1) is 17.3. The summed E-state index contributed by atoms with van der Waals surface area (Å²) in [5.74, 6) is 0.0941. The highest BCUT2D eigenvalue weighted by Crippen LogP contribution is 2.35. The molecule has 0 radical (unpaired) electrons. The van der Waals surface area contributed by atoms with Crippen molar-refractivity contribution in [3.05, 3.63) is 87.9 Å². The summed E-state index contributed by atoms with van der Waals surface area (Å²) >= 11 is 6.23. The van der Waals surface area contributed by atoms with Crippen LogP contribution >= 0.6 is 11.6 Å². The molecule has 0 bridgehead atoms. The summed E-state index contributed by atoms with van der Waals surface area (Å²) in [5, 5.41) is 3.37. The van der Waals surface area contributed by atoms with Gasteiger partial charge in [-0.1, -0.05) is 43.6 Å². The number of nitrogens with one attached hydrogen (secondary N) is 1. The van der Waals surface area contributed by atoms with E-state index in [1.165, 1.54) is 12.1 Å². The molecule has 5 rings (SSSR count). The predicted octanol–water partition coefficient (Wildman–Crippen LogP) is 5.43. The highest BCUT2D eigenvalue weighted by Gasteiger charge is 2.38. The average molecular weight is 505 g/mol. The Labute approximate surface area is 214 Å². The van der Waals surface area contributed by atoms with Crippen molar-refractivity contribution >= 4 is 35.0 Å². The molecule has 0 saturated carbocycles. The fraction of sp³-hybridized carbons (Fsp3) is 0.250. The van der Waals surface area contributed by atoms with Crippen molar-refractivity contribution in [3.8, 4) is 11.5 Å². The third-order valence-corrected chi connectivity index (χ3v) is 6.65. The van der Waals surface area contributed by atoms with Crippen LogP contribution in [-0.2, 0) is 0 Å². The van der Waals surface area contributed by atoms with Gasteiger partial charge in [0.1, 0.15) is 0 Å². The summed E-state index contributed by atoms with van der Waals surface area (Å²) in [6.45, 7) is 5.20. The molecule has 184 valence electrons. The van der Waals surface area contributed by atoms with Gasteiger partial charge in [0.2, 0.25) is 0 Å². The number of hydrogen-bond donors (Lipinski definition) is 1. The second-order valence-electron chi connectivity index (χ2n) is 9.11. The molecular weight excluding hydrogens is 480 g/mol. The standard InChI is InChI=1S/C28H25ClN2O5/c1-16(2)25(17-9-11-23-24(15-17)36-13-5-12-35-23)30-26(32)18-8-10-19-20(14-18)28(34)31(27(19)33)22-7-4-3-6-21(22)29/h3-4,6-11,14-16,25H,5,12-13H2,1-2H3,(H,30,32)/t25-/m1/s1. The van der Waals surface area contributed by atoms with E-state index in [4.69, 9.17) is 21.1 Å². The average Bonchev–Trinajstić information content (AvgIpc) is 3.01. The normalized spacial score (nSPS) is 15.5. The Morgan fingerprint density at radius 3 is 2.39 bits per heavy atom. The second-order valence-corrected chi connectivity index (χ2v) is 9.52. The predicted molar refractivity (Wildman–Crippen MR) is 136 cm³/mol. The summed E-state index contributed by atoms with van der Waals surface area (Å²) in [5.41, 5.74) is 1.89. The maximum Gasteiger partial charge on any atom is 0.266 e. The van der Waals surface area contributed by atoms with E-state index in [1.54, 1.807) is 30.3 Å². The zero-order chi connectivity index (χ0) is 25.4. The lowest BCUT2D eigenvalue weighted by Gasteiger charge is -2.24. The van der Waals surface area contributed by atoms with Crippen LogP contribution < -0.4 is 19.7 Å². The van der Waals surface area contributed by atoms with E-state index in [0.717, 1.165) is 16.9 Å². The van der Waals surface area contributed by atoms with Crippen molar-refractivity contribution in [2.24, 2.45) is 5.92 Å². The monoisotopic (exact) mass is 504 g/mol. The first-order valence-electron chi connectivity index (χ1n) is 11.8. The minimum Gasteiger partial charge on any atom is -0.490 e. The van der Waals surface area contributed by atoms with Crippen LogP contribution in [0.2, 0.25) is 5.02 Å². The Hall–Kier alpha value is -3.84. The number of amides is 3. The van der Waals surface area contributed by atoms with E-state index in [1.807, 2.05) is 32.0 Å². The quantitative estimate of drug-likeness (QED) is 0.468. The first-order valence-corrected chi connectivity index (χ1v) is 12.2. The number of rotatable bonds is 5. The Balaban J connectivity index is 1.40. The zero-order valence-electron chi connectivity index (χ0n) is 19.9. The zero-order valence-corrected chi connectivity index (χ0v) is 20.7. The number of carbonyl (C=O) groups is 3. The maximum absolute atomic E-state index is 13.3. The number of ether oxygens (including phenoxy) is 2. The van der Waals surface area contributed by atoms with Gasteiger partial charge in [0.15, 0.2) is 11.5 Å². The van der Waals surface area contributed by atoms with Crippen molar-refractivity contribution in [1.29, 1.82) is 0 Å². The van der Waals surface area contributed by atoms with Gasteiger partial charge < -0.3 is 14.8 Å². The molecule has 7 nitrogen and oxygen atoms in total. The number of imide groups is 1. The van der Waals surface area contributed by atoms with Gasteiger partial charge in [-0.2, -0.15) is 0 Å². The smallest absolute Gasteiger partial charge is 0.266 e. The summed E-state index contributed by atoms with van der Waals surface area (Å²) in [7, 11) is 0. The molecule has 2 aliphatic heterocycles. The van der Waals surface area contributed by atoms with Crippen LogP contribution in [0.15, 0.2) is 60.7 Å². The van der Waals surface area contributed by atoms with Crippen LogP contribution in [0.3, 0.4) is 0 Å². The fourth-order valence-electron chi connectivity index (χ4n) is 4.47. The maximum atomic E-state index is 13.3. The van der Waals surface area contributed by atoms with Crippen LogP contribution in [0, 0.1) is 5.92 Å². The van der Waals surface area contributed by atoms with Crippen LogP contribution in [0.4, 0.5) is 5.69 Å². The SMILES string of the molecule is CC(C)[C@@H](NC(=O)c1ccc2c(c1)C(=O)N(c1ccccc1Cl)C2=O)c1ccc2c(c1)OCCCO2. The van der Waals surface area contributed by atoms with Crippen LogP contribution in [-0.4, -0.2) is 30.9 Å². The molecule has 0 fully saturated rings. The highest BCUT2D eigenvalue weighted by atomic mass is 35.5. The van der Waals surface area contributed by atoms with E-state index >= 15 is 0 Å². The van der Waals surface area contributed by atoms with Crippen LogP contribution in [0.25, 0.3) is 0 Å². The van der Waals surface area contributed by atoms with Gasteiger partial charge in [0, 0.05) is 12.0 Å². The first kappa shape index (κ1) is 23.9. The topological polar surface area (TPSA) is 84.9 Å². The highest BCUT2D eigenvalue weighted by molar-refractivity contribution is 6.39. The van der Waals surface area contributed by atoms with Gasteiger partial charge >= 0.3 is 0 Å². The minimum atomic E-state index is -0.513. The van der Waals surface area contributed by atoms with E-state index in [0.29, 0.717) is 35.4 Å². The summed E-state index contributed by atoms with van der Waals surface area (Å²) in [4.78, 5) is 40.4. The van der Waals surface area contributed by atoms with Gasteiger partial charge in [-0.25, -0.2) is 4.90 Å². The van der Waals surface area contributed by atoms with E-state index < -0.39 is 11.8 Å². The molecule has 2 aliphatic rings. The van der Waals surface area contributed by atoms with Gasteiger partial charge in [0.05, 0.1) is 41.1 Å². The summed E-state index contributed by atoms with van der Waals surface area (Å²) < 4.78 is 11.5. The fourth-order valence-corrected chi connectivity index (χ4v) is 4.69. The molecule has 1 atom stereocenters. The van der Waals surface area contributed by atoms with Gasteiger partial charge in [-0.05, 0) is 53.9 Å². The number of benzene rings is 3. The molecule has 0 spiro atoms. The molecular formula is C28H25ClN2O5. The van der Waals surface area contributed by atoms with E-state index in [-0.39, 0.29) is 34.6 Å². The molecule has 0 saturated heterocycles. The molecule has 0 aromatic heterocycles. The van der Waals surface area contributed by atoms with E-state index in [9.17, 15) is 14.4 Å². The Morgan fingerprint density at radius 1 is 0.917 bits per heavy atom. The number of halogens is 1. The van der Waals surface area contributed by atoms with E-state index in [2.05, 4.69) is 5.32 Å². The number of nitrogens with zero attached hydrogens (tertiary/aromatic N) is 1. The Kier molecular flexibility index (Phi) is 6.41. The molecule has 0 aliphatic carbocycles. The largest absolute Gasteiger partial charge is 0.490 e. The lowest BCUT2D eigenvalue weighted by Crippen LogP contribution is -2.32. The minimum absolute atomic E-state index is 0.0760. The van der Waals surface area contributed by atoms with Crippen molar-refractivity contribution < 1.29 is 23.9 Å². The summed E-state index contributed by atoms with van der Waals surface area (Å²) in [6, 6.07) is 16.6. The lowest BCUT2D eigenvalue weighted by atomic mass is 9.95. The molecule has 3 aromatic rings. The third kappa shape index (κ3) is 4.31. The van der Waals surface area contributed by atoms with Gasteiger partial charge in [0.25, 0.3) is 17.7 Å². The Bertz CT molecular complexity index is 1370. The molecule has 36 heavy (non-hydrogen) atoms. The second kappa shape index (κ2) is 9.66. The van der Waals surface area contributed by atoms with Crippen LogP contribution in [0.1, 0.15) is 62.9 Å². The molecule has 2 heterocycles. The van der Waals surface area contributed by atoms with Crippen LogP contribution in [0.5, 0.6) is 11.5 Å². The molecule has 3 amide bonds. The number of hydrogen-bond acceptors (Lipinski definition) is 5. The molecule has 0 unspecified atom stereocenters. The molecule has 1 N–H and O–H groups in total. The molecule has 8 heteroatoms. The van der Waals surface area contributed by atoms with Crippen molar-refractivity contribution in [2.45, 2.75) is 26.3 Å². The number of fused-ring (bicyclic) bond motifs is 2.